The highest BCUT2D eigenvalue weighted by Gasteiger charge is 2.33. The first-order valence-corrected chi connectivity index (χ1v) is 7.40. The zero-order chi connectivity index (χ0) is 14.7. The third kappa shape index (κ3) is 3.64. The summed E-state index contributed by atoms with van der Waals surface area (Å²) in [7, 11) is 0. The molecule has 2 amide bonds. The number of anilines is 1. The van der Waals surface area contributed by atoms with Crippen LogP contribution in [0.2, 0.25) is 5.02 Å². The van der Waals surface area contributed by atoms with E-state index in [0.29, 0.717) is 28.0 Å². The molecule has 108 valence electrons. The topological polar surface area (TPSA) is 78.4 Å². The smallest absolute Gasteiger partial charge is 0.319 e. The Morgan fingerprint density at radius 1 is 1.35 bits per heavy atom. The number of hydrogen-bond acceptors (Lipinski definition) is 2. The van der Waals surface area contributed by atoms with Gasteiger partial charge in [0.15, 0.2) is 0 Å². The van der Waals surface area contributed by atoms with Gasteiger partial charge in [-0.1, -0.05) is 18.0 Å². The second kappa shape index (κ2) is 6.45. The summed E-state index contributed by atoms with van der Waals surface area (Å²) in [4.78, 5) is 23.0. The summed E-state index contributed by atoms with van der Waals surface area (Å²) in [5, 5.41) is 15.0. The molecule has 0 radical (unpaired) electrons. The van der Waals surface area contributed by atoms with Crippen LogP contribution in [0, 0.1) is 5.92 Å². The molecule has 0 heterocycles. The average molecular weight is 362 g/mol. The second-order valence-corrected chi connectivity index (χ2v) is 6.00. The van der Waals surface area contributed by atoms with Gasteiger partial charge in [-0.2, -0.15) is 0 Å². The summed E-state index contributed by atoms with van der Waals surface area (Å²) in [6.45, 7) is 0. The number of urea groups is 1. The summed E-state index contributed by atoms with van der Waals surface area (Å²) in [6.07, 6.45) is 2.09. The number of carboxylic acids is 1. The van der Waals surface area contributed by atoms with Crippen molar-refractivity contribution >= 4 is 45.2 Å². The first-order valence-electron chi connectivity index (χ1n) is 6.23. The summed E-state index contributed by atoms with van der Waals surface area (Å²) in [6, 6.07) is 4.30. The molecule has 3 N–H and O–H groups in total. The van der Waals surface area contributed by atoms with E-state index >= 15 is 0 Å². The molecule has 1 saturated carbocycles. The van der Waals surface area contributed by atoms with E-state index in [0.717, 1.165) is 6.42 Å². The first kappa shape index (κ1) is 15.1. The fraction of sp³-hybridized carbons (Fsp3) is 0.385. The van der Waals surface area contributed by atoms with Crippen LogP contribution < -0.4 is 10.6 Å². The molecule has 5 nitrogen and oxygen atoms in total. The van der Waals surface area contributed by atoms with E-state index in [9.17, 15) is 9.59 Å². The van der Waals surface area contributed by atoms with Crippen LogP contribution in [0.1, 0.15) is 19.3 Å². The fourth-order valence-electron chi connectivity index (χ4n) is 2.35. The molecule has 1 fully saturated rings. The molecule has 7 heteroatoms. The van der Waals surface area contributed by atoms with Crippen molar-refractivity contribution in [3.8, 4) is 0 Å². The van der Waals surface area contributed by atoms with Crippen molar-refractivity contribution < 1.29 is 14.7 Å². The molecule has 0 aliphatic heterocycles. The van der Waals surface area contributed by atoms with Gasteiger partial charge in [0.25, 0.3) is 0 Å². The maximum Gasteiger partial charge on any atom is 0.319 e. The lowest BCUT2D eigenvalue weighted by molar-refractivity contribution is -0.142. The molecule has 0 aromatic heterocycles. The highest BCUT2D eigenvalue weighted by molar-refractivity contribution is 9.10. The van der Waals surface area contributed by atoms with Crippen LogP contribution in [0.4, 0.5) is 10.5 Å². The van der Waals surface area contributed by atoms with Gasteiger partial charge in [-0.25, -0.2) is 4.79 Å². The number of carbonyl (C=O) groups excluding carboxylic acids is 1. The number of carboxylic acid groups (broad SMARTS) is 1. The zero-order valence-corrected chi connectivity index (χ0v) is 12.9. The van der Waals surface area contributed by atoms with Gasteiger partial charge in [0.2, 0.25) is 0 Å². The maximum atomic E-state index is 11.9. The quantitative estimate of drug-likeness (QED) is 0.771. The van der Waals surface area contributed by atoms with Gasteiger partial charge in [-0.05, 0) is 47.0 Å². The van der Waals surface area contributed by atoms with Gasteiger partial charge in [0.1, 0.15) is 0 Å². The van der Waals surface area contributed by atoms with Crippen molar-refractivity contribution in [2.24, 2.45) is 5.92 Å². The SMILES string of the molecule is O=C(Nc1cc(Cl)ccc1Br)NC1CCCC1C(=O)O. The highest BCUT2D eigenvalue weighted by atomic mass is 79.9. The van der Waals surface area contributed by atoms with Crippen LogP contribution in [0.25, 0.3) is 0 Å². The van der Waals surface area contributed by atoms with E-state index in [2.05, 4.69) is 26.6 Å². The van der Waals surface area contributed by atoms with E-state index in [1.54, 1.807) is 18.2 Å². The van der Waals surface area contributed by atoms with Crippen LogP contribution in [-0.2, 0) is 4.79 Å². The van der Waals surface area contributed by atoms with E-state index < -0.39 is 17.9 Å². The molecule has 0 bridgehead atoms. The second-order valence-electron chi connectivity index (χ2n) is 4.70. The highest BCUT2D eigenvalue weighted by Crippen LogP contribution is 2.27. The van der Waals surface area contributed by atoms with E-state index in [-0.39, 0.29) is 6.04 Å². The number of carbonyl (C=O) groups is 2. The zero-order valence-electron chi connectivity index (χ0n) is 10.5. The van der Waals surface area contributed by atoms with E-state index in [1.165, 1.54) is 0 Å². The number of nitrogens with one attached hydrogen (secondary N) is 2. The molecule has 2 atom stereocenters. The minimum Gasteiger partial charge on any atom is -0.481 e. The monoisotopic (exact) mass is 360 g/mol. The Morgan fingerprint density at radius 2 is 2.10 bits per heavy atom. The van der Waals surface area contributed by atoms with E-state index in [4.69, 9.17) is 16.7 Å². The number of amides is 2. The van der Waals surface area contributed by atoms with Gasteiger partial charge in [-0.15, -0.1) is 0 Å². The third-order valence-electron chi connectivity index (χ3n) is 3.33. The lowest BCUT2D eigenvalue weighted by atomic mass is 10.0. The predicted molar refractivity (Wildman–Crippen MR) is 80.1 cm³/mol. The van der Waals surface area contributed by atoms with Gasteiger partial charge >= 0.3 is 12.0 Å². The molecule has 1 aromatic rings. The van der Waals surface area contributed by atoms with Crippen molar-refractivity contribution in [2.45, 2.75) is 25.3 Å². The number of halogens is 2. The minimum absolute atomic E-state index is 0.328. The van der Waals surface area contributed by atoms with Crippen molar-refractivity contribution in [1.29, 1.82) is 0 Å². The molecule has 2 unspecified atom stereocenters. The third-order valence-corrected chi connectivity index (χ3v) is 4.25. The van der Waals surface area contributed by atoms with Gasteiger partial charge in [0.05, 0.1) is 11.6 Å². The Hall–Kier alpha value is -1.27. The number of hydrogen-bond donors (Lipinski definition) is 3. The van der Waals surface area contributed by atoms with Crippen LogP contribution in [-0.4, -0.2) is 23.1 Å². The maximum absolute atomic E-state index is 11.9. The van der Waals surface area contributed by atoms with Crippen LogP contribution in [0.3, 0.4) is 0 Å². The molecule has 0 saturated heterocycles. The van der Waals surface area contributed by atoms with Crippen molar-refractivity contribution in [2.75, 3.05) is 5.32 Å². The Bertz CT molecular complexity index is 538. The Kier molecular flexibility index (Phi) is 4.88. The Morgan fingerprint density at radius 3 is 2.80 bits per heavy atom. The van der Waals surface area contributed by atoms with E-state index in [1.807, 2.05) is 0 Å². The standard InChI is InChI=1S/C13H14BrClN2O3/c14-9-5-4-7(15)6-11(9)17-13(20)16-10-3-1-2-8(10)12(18)19/h4-6,8,10H,1-3H2,(H,18,19)(H2,16,17,20). The fourth-order valence-corrected chi connectivity index (χ4v) is 2.87. The molecule has 2 rings (SSSR count). The summed E-state index contributed by atoms with van der Waals surface area (Å²) in [5.74, 6) is -1.37. The Balaban J connectivity index is 1.99. The van der Waals surface area contributed by atoms with Crippen LogP contribution >= 0.6 is 27.5 Å². The molecule has 20 heavy (non-hydrogen) atoms. The normalized spacial score (nSPS) is 21.5. The molecular formula is C13H14BrClN2O3. The molecule has 1 aliphatic rings. The van der Waals surface area contributed by atoms with Crippen molar-refractivity contribution in [3.05, 3.63) is 27.7 Å². The van der Waals surface area contributed by atoms with Crippen molar-refractivity contribution in [3.63, 3.8) is 0 Å². The largest absolute Gasteiger partial charge is 0.481 e. The number of rotatable bonds is 3. The lowest BCUT2D eigenvalue weighted by Crippen LogP contribution is -2.42. The molecule has 1 aromatic carbocycles. The Labute approximate surface area is 129 Å². The minimum atomic E-state index is -0.864. The summed E-state index contributed by atoms with van der Waals surface area (Å²) >= 11 is 9.18. The summed E-state index contributed by atoms with van der Waals surface area (Å²) in [5.41, 5.74) is 0.542. The van der Waals surface area contributed by atoms with Crippen LogP contribution in [0.5, 0.6) is 0 Å². The lowest BCUT2D eigenvalue weighted by Gasteiger charge is -2.18. The summed E-state index contributed by atoms with van der Waals surface area (Å²) < 4.78 is 0.707. The first-order chi connectivity index (χ1) is 9.47. The molecular weight excluding hydrogens is 348 g/mol. The predicted octanol–water partition coefficient (Wildman–Crippen LogP) is 3.48. The van der Waals surface area contributed by atoms with Gasteiger partial charge in [0, 0.05) is 15.5 Å². The average Bonchev–Trinajstić information content (AvgIpc) is 2.82. The molecule has 0 spiro atoms. The van der Waals surface area contributed by atoms with Crippen LogP contribution in [0.15, 0.2) is 22.7 Å². The van der Waals surface area contributed by atoms with Gasteiger partial charge in [-0.3, -0.25) is 4.79 Å². The molecule has 1 aliphatic carbocycles. The van der Waals surface area contributed by atoms with Gasteiger partial charge < -0.3 is 15.7 Å². The van der Waals surface area contributed by atoms with Crippen molar-refractivity contribution in [1.82, 2.24) is 5.32 Å². The number of aliphatic carboxylic acids is 1. The number of benzene rings is 1.